The van der Waals surface area contributed by atoms with Crippen molar-refractivity contribution in [2.75, 3.05) is 0 Å². The van der Waals surface area contributed by atoms with E-state index >= 15 is 0 Å². The normalized spacial score (nSPS) is 10.9. The quantitative estimate of drug-likeness (QED) is 0.703. The Bertz CT molecular complexity index is 110. The number of nitrogens with one attached hydrogen (secondary N) is 1. The van der Waals surface area contributed by atoms with Crippen molar-refractivity contribution in [1.29, 1.82) is 5.41 Å². The Kier molecular flexibility index (Phi) is 2.76. The van der Waals surface area contributed by atoms with E-state index in [0.717, 1.165) is 0 Å². The second-order valence-electron chi connectivity index (χ2n) is 2.76. The van der Waals surface area contributed by atoms with E-state index in [0.29, 0.717) is 0 Å². The van der Waals surface area contributed by atoms with Crippen LogP contribution in [0.2, 0.25) is 0 Å². The van der Waals surface area contributed by atoms with Crippen molar-refractivity contribution in [2.45, 2.75) is 20.8 Å². The third-order valence-electron chi connectivity index (χ3n) is 0.870. The van der Waals surface area contributed by atoms with E-state index in [1.807, 2.05) is 0 Å². The summed E-state index contributed by atoms with van der Waals surface area (Å²) in [7, 11) is 0. The Morgan fingerprint density at radius 2 is 1.88 bits per heavy atom. The van der Waals surface area contributed by atoms with Crippen LogP contribution >= 0.6 is 0 Å². The molecule has 0 bridgehead atoms. The molecule has 0 heterocycles. The molecule has 0 aromatic carbocycles. The summed E-state index contributed by atoms with van der Waals surface area (Å²) in [4.78, 5) is 0. The van der Waals surface area contributed by atoms with Gasteiger partial charge in [-0.25, -0.2) is 0 Å². The molecule has 46 valence electrons. The molecule has 0 spiro atoms. The van der Waals surface area contributed by atoms with Gasteiger partial charge in [0.05, 0.1) is 0 Å². The minimum atomic E-state index is 0.219. The predicted octanol–water partition coefficient (Wildman–Crippen LogP) is 1.40. The van der Waals surface area contributed by atoms with Crippen LogP contribution in [0.5, 0.6) is 0 Å². The second kappa shape index (κ2) is 2.68. The summed E-state index contributed by atoms with van der Waals surface area (Å²) in [6, 6.07) is 0. The number of hydrogen-bond acceptors (Lipinski definition) is 1. The van der Waals surface area contributed by atoms with Gasteiger partial charge in [-0.3, -0.25) is 0 Å². The zero-order valence-corrected chi connectivity index (χ0v) is 8.42. The Morgan fingerprint density at radius 3 is 1.88 bits per heavy atom. The molecular formula is C6H11NW. The van der Waals surface area contributed by atoms with Gasteiger partial charge in [0.15, 0.2) is 0 Å². The summed E-state index contributed by atoms with van der Waals surface area (Å²) >= 11 is 1.41. The van der Waals surface area contributed by atoms with Gasteiger partial charge >= 0.3 is 61.1 Å². The van der Waals surface area contributed by atoms with Gasteiger partial charge in [-0.05, 0) is 0 Å². The summed E-state index contributed by atoms with van der Waals surface area (Å²) in [5.41, 5.74) is 0.219. The van der Waals surface area contributed by atoms with Gasteiger partial charge in [-0.1, -0.05) is 0 Å². The van der Waals surface area contributed by atoms with E-state index in [4.69, 9.17) is 5.41 Å². The van der Waals surface area contributed by atoms with Crippen molar-refractivity contribution in [2.24, 2.45) is 5.41 Å². The molecule has 2 heteroatoms. The molecule has 0 amide bonds. The molecule has 0 atom stereocenters. The first-order chi connectivity index (χ1) is 3.48. The minimum absolute atomic E-state index is 0.219. The van der Waals surface area contributed by atoms with Gasteiger partial charge in [-0.2, -0.15) is 0 Å². The fourth-order valence-corrected chi connectivity index (χ4v) is 0.217. The fourth-order valence-electron chi connectivity index (χ4n) is 0.217. The van der Waals surface area contributed by atoms with Crippen LogP contribution in [0.25, 0.3) is 0 Å². The average Bonchev–Trinajstić information content (AvgIpc) is 1.62. The van der Waals surface area contributed by atoms with Crippen molar-refractivity contribution in [1.82, 2.24) is 0 Å². The van der Waals surface area contributed by atoms with Crippen LogP contribution < -0.4 is 0 Å². The van der Waals surface area contributed by atoms with Crippen molar-refractivity contribution >= 4 is 10.1 Å². The third kappa shape index (κ3) is 2.51. The second-order valence-corrected chi connectivity index (χ2v) is 4.34. The zero-order valence-electron chi connectivity index (χ0n) is 5.49. The maximum atomic E-state index is 6.92. The van der Waals surface area contributed by atoms with Crippen LogP contribution in [-0.4, -0.2) is 10.1 Å². The molecule has 8 heavy (non-hydrogen) atoms. The van der Waals surface area contributed by atoms with Gasteiger partial charge in [0, 0.05) is 0 Å². The molecule has 1 nitrogen and oxygen atoms in total. The molecule has 0 aliphatic heterocycles. The molecule has 0 saturated carbocycles. The molecule has 0 aromatic heterocycles. The summed E-state index contributed by atoms with van der Waals surface area (Å²) < 4.78 is 1.21. The van der Waals surface area contributed by atoms with E-state index in [1.165, 1.54) is 29.5 Å². The summed E-state index contributed by atoms with van der Waals surface area (Å²) in [5.74, 6) is 0. The monoisotopic (exact) mass is 281 g/mol. The van der Waals surface area contributed by atoms with Crippen molar-refractivity contribution in [3.8, 4) is 0 Å². The number of hydrogen-bond donors (Lipinski definition) is 1. The molecule has 1 N–H and O–H groups in total. The van der Waals surface area contributed by atoms with Crippen molar-refractivity contribution in [3.63, 3.8) is 0 Å². The Labute approximate surface area is 61.4 Å². The van der Waals surface area contributed by atoms with E-state index in [1.54, 1.807) is 0 Å². The van der Waals surface area contributed by atoms with Gasteiger partial charge < -0.3 is 0 Å². The molecule has 0 fully saturated rings. The first-order valence-corrected chi connectivity index (χ1v) is 4.00. The summed E-state index contributed by atoms with van der Waals surface area (Å²) in [6.07, 6.45) is 1.45. The van der Waals surface area contributed by atoms with Crippen LogP contribution in [0.3, 0.4) is 0 Å². The molecule has 0 aliphatic carbocycles. The molecule has 0 rings (SSSR count). The third-order valence-corrected chi connectivity index (χ3v) is 3.49. The Hall–Kier alpha value is 0.228. The SMILES string of the molecule is CC(C)(C)[C](=[W])C=N. The first kappa shape index (κ1) is 8.23. The van der Waals surface area contributed by atoms with Crippen LogP contribution in [0.4, 0.5) is 0 Å². The molecule has 0 aliphatic rings. The van der Waals surface area contributed by atoms with Crippen LogP contribution in [0, 0.1) is 10.8 Å². The van der Waals surface area contributed by atoms with Gasteiger partial charge in [0.25, 0.3) is 0 Å². The zero-order chi connectivity index (χ0) is 6.78. The predicted molar refractivity (Wildman–Crippen MR) is 33.2 cm³/mol. The molecular weight excluding hydrogens is 270 g/mol. The Balaban J connectivity index is 4.02. The molecule has 0 radical (unpaired) electrons. The molecule has 0 saturated heterocycles. The fraction of sp³-hybridized carbons (Fsp3) is 0.667. The van der Waals surface area contributed by atoms with Gasteiger partial charge in [0.1, 0.15) is 0 Å². The van der Waals surface area contributed by atoms with Crippen molar-refractivity contribution < 1.29 is 19.4 Å². The van der Waals surface area contributed by atoms with E-state index in [2.05, 4.69) is 20.8 Å². The van der Waals surface area contributed by atoms with Crippen LogP contribution in [-0.2, 0) is 19.4 Å². The van der Waals surface area contributed by atoms with E-state index in [9.17, 15) is 0 Å². The summed E-state index contributed by atoms with van der Waals surface area (Å²) in [6.45, 7) is 6.38. The first-order valence-electron chi connectivity index (χ1n) is 2.53. The molecule has 0 aromatic rings. The maximum absolute atomic E-state index is 6.92. The van der Waals surface area contributed by atoms with Gasteiger partial charge in [-0.15, -0.1) is 0 Å². The topological polar surface area (TPSA) is 23.9 Å². The van der Waals surface area contributed by atoms with Crippen molar-refractivity contribution in [3.05, 3.63) is 0 Å². The number of rotatable bonds is 1. The molecule has 0 unspecified atom stereocenters. The average molecular weight is 281 g/mol. The van der Waals surface area contributed by atoms with E-state index in [-0.39, 0.29) is 5.41 Å². The standard InChI is InChI=1S/C6H11N.W/c1-6(2,3)4-5-7;/h5,7H,1-3H3;. The van der Waals surface area contributed by atoms with Crippen LogP contribution in [0.1, 0.15) is 20.8 Å². The van der Waals surface area contributed by atoms with Gasteiger partial charge in [0.2, 0.25) is 0 Å². The summed E-state index contributed by atoms with van der Waals surface area (Å²) in [5, 5.41) is 6.92. The van der Waals surface area contributed by atoms with Crippen LogP contribution in [0.15, 0.2) is 0 Å². The van der Waals surface area contributed by atoms with E-state index < -0.39 is 0 Å². The Morgan fingerprint density at radius 1 is 1.50 bits per heavy atom.